The van der Waals surface area contributed by atoms with Gasteiger partial charge in [-0.3, -0.25) is 14.4 Å². The topological polar surface area (TPSA) is 69.7 Å². The minimum atomic E-state index is -1.40. The smallest absolute Gasteiger partial charge is 0.329 e. The summed E-state index contributed by atoms with van der Waals surface area (Å²) in [6.07, 6.45) is 3.95. The highest BCUT2D eigenvalue weighted by atomic mass is 16.5. The van der Waals surface area contributed by atoms with E-state index in [0.717, 1.165) is 17.2 Å². The molecule has 1 aromatic rings. The van der Waals surface area contributed by atoms with Crippen LogP contribution in [-0.4, -0.2) is 24.6 Å². The van der Waals surface area contributed by atoms with E-state index in [2.05, 4.69) is 0 Å². The molecule has 1 aliphatic rings. The van der Waals surface area contributed by atoms with Crippen molar-refractivity contribution in [2.24, 2.45) is 5.92 Å². The van der Waals surface area contributed by atoms with Gasteiger partial charge in [-0.05, 0) is 30.2 Å². The van der Waals surface area contributed by atoms with Gasteiger partial charge >= 0.3 is 5.97 Å². The third kappa shape index (κ3) is 3.77. The molecule has 114 valence electrons. The second-order valence-corrected chi connectivity index (χ2v) is 4.93. The van der Waals surface area contributed by atoms with Crippen molar-refractivity contribution < 1.29 is 23.9 Å². The molecule has 5 heteroatoms. The number of carbonyl (C=O) groups is 3. The van der Waals surface area contributed by atoms with Crippen LogP contribution in [0, 0.1) is 5.92 Å². The van der Waals surface area contributed by atoms with Gasteiger partial charge in [-0.2, -0.15) is 0 Å². The van der Waals surface area contributed by atoms with Crippen LogP contribution in [-0.2, 0) is 30.5 Å². The molecule has 0 bridgehead atoms. The molecule has 0 spiro atoms. The molecule has 0 radical (unpaired) electrons. The second kappa shape index (κ2) is 6.95. The molecule has 1 atom stereocenters. The maximum absolute atomic E-state index is 12.0. The quantitative estimate of drug-likeness (QED) is 0.473. The molecule has 22 heavy (non-hydrogen) atoms. The third-order valence-corrected chi connectivity index (χ3v) is 3.11. The summed E-state index contributed by atoms with van der Waals surface area (Å²) in [5.74, 6) is -3.15. The van der Waals surface area contributed by atoms with Crippen molar-refractivity contribution >= 4 is 23.6 Å². The van der Waals surface area contributed by atoms with Crippen LogP contribution >= 0.6 is 0 Å². The van der Waals surface area contributed by atoms with Crippen LogP contribution in [0.2, 0.25) is 0 Å². The lowest BCUT2D eigenvalue weighted by atomic mass is 9.96. The number of hydrogen-bond acceptors (Lipinski definition) is 5. The number of benzene rings is 1. The molecule has 0 aromatic heterocycles. The minimum absolute atomic E-state index is 0.204. The number of esters is 1. The molecule has 0 N–H and O–H groups in total. The SMILES string of the molecule is COCc1cccc(/C=C/C(=O)C2C(=O)C=C(C)OC2=O)c1. The first-order valence-corrected chi connectivity index (χ1v) is 6.75. The fourth-order valence-electron chi connectivity index (χ4n) is 2.13. The Kier molecular flexibility index (Phi) is 5.01. The van der Waals surface area contributed by atoms with Crippen LogP contribution in [0.15, 0.2) is 42.2 Å². The van der Waals surface area contributed by atoms with Crippen molar-refractivity contribution in [3.05, 3.63) is 53.3 Å². The average molecular weight is 300 g/mol. The lowest BCUT2D eigenvalue weighted by Gasteiger charge is -2.15. The van der Waals surface area contributed by atoms with E-state index in [1.807, 2.05) is 24.3 Å². The monoisotopic (exact) mass is 300 g/mol. The molecule has 0 amide bonds. The Hall–Kier alpha value is -2.53. The van der Waals surface area contributed by atoms with Gasteiger partial charge in [0.2, 0.25) is 0 Å². The summed E-state index contributed by atoms with van der Waals surface area (Å²) >= 11 is 0. The van der Waals surface area contributed by atoms with Gasteiger partial charge in [0.05, 0.1) is 6.61 Å². The molecule has 1 aliphatic heterocycles. The van der Waals surface area contributed by atoms with Gasteiger partial charge in [-0.25, -0.2) is 0 Å². The number of ketones is 2. The molecule has 0 saturated carbocycles. The van der Waals surface area contributed by atoms with Gasteiger partial charge in [0.25, 0.3) is 0 Å². The molecule has 5 nitrogen and oxygen atoms in total. The summed E-state index contributed by atoms with van der Waals surface area (Å²) in [7, 11) is 1.60. The Morgan fingerprint density at radius 1 is 1.36 bits per heavy atom. The summed E-state index contributed by atoms with van der Waals surface area (Å²) in [6.45, 7) is 1.96. The predicted octanol–water partition coefficient (Wildman–Crippen LogP) is 2.06. The van der Waals surface area contributed by atoms with Crippen LogP contribution in [0.1, 0.15) is 18.1 Å². The van der Waals surface area contributed by atoms with E-state index in [1.165, 1.54) is 13.0 Å². The Morgan fingerprint density at radius 3 is 2.82 bits per heavy atom. The molecular weight excluding hydrogens is 284 g/mol. The van der Waals surface area contributed by atoms with E-state index in [-0.39, 0.29) is 5.76 Å². The highest BCUT2D eigenvalue weighted by molar-refractivity contribution is 6.25. The summed E-state index contributed by atoms with van der Waals surface area (Å²) < 4.78 is 9.86. The molecule has 1 aromatic carbocycles. The summed E-state index contributed by atoms with van der Waals surface area (Å²) in [4.78, 5) is 35.5. The van der Waals surface area contributed by atoms with E-state index >= 15 is 0 Å². The van der Waals surface area contributed by atoms with Crippen LogP contribution in [0.5, 0.6) is 0 Å². The highest BCUT2D eigenvalue weighted by Crippen LogP contribution is 2.17. The second-order valence-electron chi connectivity index (χ2n) is 4.93. The summed E-state index contributed by atoms with van der Waals surface area (Å²) in [6, 6.07) is 7.41. The molecule has 2 rings (SSSR count). The normalized spacial score (nSPS) is 18.3. The zero-order valence-corrected chi connectivity index (χ0v) is 12.4. The van der Waals surface area contributed by atoms with Crippen molar-refractivity contribution in [3.8, 4) is 0 Å². The number of rotatable bonds is 5. The van der Waals surface area contributed by atoms with E-state index in [4.69, 9.17) is 9.47 Å². The number of methoxy groups -OCH3 is 1. The van der Waals surface area contributed by atoms with Crippen LogP contribution in [0.4, 0.5) is 0 Å². The largest absolute Gasteiger partial charge is 0.430 e. The van der Waals surface area contributed by atoms with Gasteiger partial charge in [-0.15, -0.1) is 0 Å². The van der Waals surface area contributed by atoms with E-state index in [1.54, 1.807) is 13.2 Å². The molecule has 0 fully saturated rings. The lowest BCUT2D eigenvalue weighted by Crippen LogP contribution is -2.34. The van der Waals surface area contributed by atoms with Crippen molar-refractivity contribution in [1.29, 1.82) is 0 Å². The Labute approximate surface area is 128 Å². The average Bonchev–Trinajstić information content (AvgIpc) is 2.45. The van der Waals surface area contributed by atoms with Gasteiger partial charge in [0, 0.05) is 13.2 Å². The van der Waals surface area contributed by atoms with Gasteiger partial charge < -0.3 is 9.47 Å². The standard InChI is InChI=1S/C17H16O5/c1-11-8-15(19)16(17(20)22-11)14(18)7-6-12-4-3-5-13(9-12)10-21-2/h3-9,16H,10H2,1-2H3/b7-6+. The molecular formula is C17H16O5. The van der Waals surface area contributed by atoms with Crippen LogP contribution in [0.3, 0.4) is 0 Å². The minimum Gasteiger partial charge on any atom is -0.430 e. The van der Waals surface area contributed by atoms with Crippen molar-refractivity contribution in [1.82, 2.24) is 0 Å². The fourth-order valence-corrected chi connectivity index (χ4v) is 2.13. The van der Waals surface area contributed by atoms with Crippen molar-refractivity contribution in [2.75, 3.05) is 7.11 Å². The Balaban J connectivity index is 2.13. The number of ether oxygens (including phenoxy) is 2. The Bertz CT molecular complexity index is 669. The first-order chi connectivity index (χ1) is 10.5. The van der Waals surface area contributed by atoms with E-state index in [9.17, 15) is 14.4 Å². The van der Waals surface area contributed by atoms with Crippen molar-refractivity contribution in [2.45, 2.75) is 13.5 Å². The van der Waals surface area contributed by atoms with Gasteiger partial charge in [-0.1, -0.05) is 24.3 Å². The molecule has 1 unspecified atom stereocenters. The highest BCUT2D eigenvalue weighted by Gasteiger charge is 2.36. The first kappa shape index (κ1) is 15.9. The van der Waals surface area contributed by atoms with E-state index in [0.29, 0.717) is 6.61 Å². The number of allylic oxidation sites excluding steroid dienone is 3. The molecule has 0 aliphatic carbocycles. The van der Waals surface area contributed by atoms with E-state index < -0.39 is 23.5 Å². The lowest BCUT2D eigenvalue weighted by molar-refractivity contribution is -0.151. The maximum atomic E-state index is 12.0. The number of hydrogen-bond donors (Lipinski definition) is 0. The number of cyclic esters (lactones) is 1. The number of carbonyl (C=O) groups excluding carboxylic acids is 3. The molecule has 1 heterocycles. The third-order valence-electron chi connectivity index (χ3n) is 3.11. The summed E-state index contributed by atoms with van der Waals surface area (Å²) in [5, 5.41) is 0. The van der Waals surface area contributed by atoms with Crippen molar-refractivity contribution in [3.63, 3.8) is 0 Å². The van der Waals surface area contributed by atoms with Crippen LogP contribution in [0.25, 0.3) is 6.08 Å². The van der Waals surface area contributed by atoms with Crippen LogP contribution < -0.4 is 0 Å². The fraction of sp³-hybridized carbons (Fsp3) is 0.235. The van der Waals surface area contributed by atoms with Gasteiger partial charge in [0.15, 0.2) is 17.5 Å². The zero-order valence-electron chi connectivity index (χ0n) is 12.4. The van der Waals surface area contributed by atoms with Gasteiger partial charge in [0.1, 0.15) is 5.76 Å². The predicted molar refractivity (Wildman–Crippen MR) is 79.5 cm³/mol. The maximum Gasteiger partial charge on any atom is 0.329 e. The summed E-state index contributed by atoms with van der Waals surface area (Å²) in [5.41, 5.74) is 1.75. The first-order valence-electron chi connectivity index (χ1n) is 6.75. The Morgan fingerprint density at radius 2 is 2.14 bits per heavy atom. The molecule has 0 saturated heterocycles. The zero-order chi connectivity index (χ0) is 16.1.